The second kappa shape index (κ2) is 4.56. The molecule has 0 aliphatic carbocycles. The summed E-state index contributed by atoms with van der Waals surface area (Å²) >= 11 is 0. The predicted molar refractivity (Wildman–Crippen MR) is 66.7 cm³/mol. The fraction of sp³-hybridized carbons (Fsp3) is 0.0909. The summed E-state index contributed by atoms with van der Waals surface area (Å²) in [5.74, 6) is 0.494. The average molecular weight is 231 g/mol. The van der Waals surface area contributed by atoms with Crippen molar-refractivity contribution in [1.29, 1.82) is 0 Å². The number of aryl methyl sites for hydroxylation is 1. The number of nitrogens with one attached hydrogen (secondary N) is 2. The SMILES string of the molecule is Cn1ccc(NC(=O)Nc2cccc(N)c2)n1. The summed E-state index contributed by atoms with van der Waals surface area (Å²) in [6, 6.07) is 8.31. The number of nitrogen functional groups attached to an aromatic ring is 1. The number of carbonyl (C=O) groups is 1. The van der Waals surface area contributed by atoms with Crippen molar-refractivity contribution in [3.63, 3.8) is 0 Å². The minimum Gasteiger partial charge on any atom is -0.399 e. The summed E-state index contributed by atoms with van der Waals surface area (Å²) in [6.07, 6.45) is 1.75. The number of carbonyl (C=O) groups excluding carboxylic acids is 1. The molecule has 0 radical (unpaired) electrons. The molecule has 88 valence electrons. The Morgan fingerprint density at radius 2 is 2.18 bits per heavy atom. The first-order valence-electron chi connectivity index (χ1n) is 5.07. The third kappa shape index (κ3) is 2.97. The Hall–Kier alpha value is -2.50. The van der Waals surface area contributed by atoms with Gasteiger partial charge in [-0.3, -0.25) is 10.00 Å². The van der Waals surface area contributed by atoms with Crippen molar-refractivity contribution in [3.05, 3.63) is 36.5 Å². The van der Waals surface area contributed by atoms with Crippen molar-refractivity contribution in [2.45, 2.75) is 0 Å². The van der Waals surface area contributed by atoms with Gasteiger partial charge in [-0.1, -0.05) is 6.07 Å². The lowest BCUT2D eigenvalue weighted by atomic mass is 10.3. The lowest BCUT2D eigenvalue weighted by molar-refractivity contribution is 0.262. The minimum absolute atomic E-state index is 0.352. The van der Waals surface area contributed by atoms with E-state index >= 15 is 0 Å². The van der Waals surface area contributed by atoms with Gasteiger partial charge in [-0.25, -0.2) is 4.79 Å². The Labute approximate surface area is 98.4 Å². The highest BCUT2D eigenvalue weighted by Crippen LogP contribution is 2.12. The number of nitrogens with two attached hydrogens (primary N) is 1. The molecular weight excluding hydrogens is 218 g/mol. The van der Waals surface area contributed by atoms with Gasteiger partial charge in [-0.15, -0.1) is 0 Å². The van der Waals surface area contributed by atoms with Crippen LogP contribution in [0.4, 0.5) is 22.0 Å². The highest BCUT2D eigenvalue weighted by Gasteiger charge is 2.04. The number of aromatic nitrogens is 2. The maximum absolute atomic E-state index is 11.6. The first-order valence-corrected chi connectivity index (χ1v) is 5.07. The molecule has 1 aromatic heterocycles. The van der Waals surface area contributed by atoms with Crippen LogP contribution in [0.1, 0.15) is 0 Å². The van der Waals surface area contributed by atoms with Gasteiger partial charge in [0.15, 0.2) is 5.82 Å². The zero-order valence-corrected chi connectivity index (χ0v) is 9.34. The summed E-state index contributed by atoms with van der Waals surface area (Å²) < 4.78 is 1.61. The molecule has 4 N–H and O–H groups in total. The van der Waals surface area contributed by atoms with Crippen LogP contribution in [0, 0.1) is 0 Å². The fourth-order valence-electron chi connectivity index (χ4n) is 1.38. The van der Waals surface area contributed by atoms with E-state index in [1.165, 1.54) is 0 Å². The van der Waals surface area contributed by atoms with Gasteiger partial charge in [0.25, 0.3) is 0 Å². The monoisotopic (exact) mass is 231 g/mol. The molecule has 6 nitrogen and oxygen atoms in total. The molecule has 0 bridgehead atoms. The molecule has 17 heavy (non-hydrogen) atoms. The molecule has 2 rings (SSSR count). The first kappa shape index (κ1) is 11.0. The fourth-order valence-corrected chi connectivity index (χ4v) is 1.38. The quantitative estimate of drug-likeness (QED) is 0.687. The molecular formula is C11H13N5O. The number of rotatable bonds is 2. The summed E-state index contributed by atoms with van der Waals surface area (Å²) in [5.41, 5.74) is 6.84. The van der Waals surface area contributed by atoms with E-state index in [1.54, 1.807) is 48.3 Å². The van der Waals surface area contributed by atoms with Crippen molar-refractivity contribution in [3.8, 4) is 0 Å². The van der Waals surface area contributed by atoms with Gasteiger partial charge in [-0.2, -0.15) is 5.10 Å². The van der Waals surface area contributed by atoms with Crippen molar-refractivity contribution in [2.24, 2.45) is 7.05 Å². The second-order valence-corrected chi connectivity index (χ2v) is 3.58. The topological polar surface area (TPSA) is 85.0 Å². The van der Waals surface area contributed by atoms with E-state index in [0.717, 1.165) is 0 Å². The molecule has 0 atom stereocenters. The molecule has 0 fully saturated rings. The molecule has 0 aliphatic heterocycles. The summed E-state index contributed by atoms with van der Waals surface area (Å²) in [6.45, 7) is 0. The smallest absolute Gasteiger partial charge is 0.324 e. The third-order valence-electron chi connectivity index (χ3n) is 2.10. The van der Waals surface area contributed by atoms with Crippen LogP contribution in [-0.4, -0.2) is 15.8 Å². The van der Waals surface area contributed by atoms with Crippen LogP contribution < -0.4 is 16.4 Å². The Morgan fingerprint density at radius 3 is 2.82 bits per heavy atom. The van der Waals surface area contributed by atoms with Gasteiger partial charge in [0.2, 0.25) is 0 Å². The molecule has 1 heterocycles. The number of nitrogens with zero attached hydrogens (tertiary/aromatic N) is 2. The van der Waals surface area contributed by atoms with Crippen LogP contribution in [0.15, 0.2) is 36.5 Å². The Balaban J connectivity index is 1.98. The van der Waals surface area contributed by atoms with E-state index in [9.17, 15) is 4.79 Å². The van der Waals surface area contributed by atoms with Gasteiger partial charge in [-0.05, 0) is 18.2 Å². The summed E-state index contributed by atoms with van der Waals surface area (Å²) in [4.78, 5) is 11.6. The number of benzene rings is 1. The van der Waals surface area contributed by atoms with E-state index < -0.39 is 0 Å². The molecule has 0 unspecified atom stereocenters. The molecule has 2 aromatic rings. The van der Waals surface area contributed by atoms with Gasteiger partial charge in [0.1, 0.15) is 0 Å². The maximum Gasteiger partial charge on any atom is 0.324 e. The van der Waals surface area contributed by atoms with Crippen molar-refractivity contribution >= 4 is 23.2 Å². The van der Waals surface area contributed by atoms with E-state index in [1.807, 2.05) is 0 Å². The lowest BCUT2D eigenvalue weighted by Gasteiger charge is -2.05. The average Bonchev–Trinajstić information content (AvgIpc) is 2.63. The van der Waals surface area contributed by atoms with Gasteiger partial charge in [0.05, 0.1) is 0 Å². The standard InChI is InChI=1S/C11H13N5O/c1-16-6-5-10(15-16)14-11(17)13-9-4-2-3-8(12)7-9/h2-7H,12H2,1H3,(H2,13,14,15,17). The highest BCUT2D eigenvalue weighted by atomic mass is 16.2. The van der Waals surface area contributed by atoms with Gasteiger partial charge in [0, 0.05) is 30.7 Å². The molecule has 0 spiro atoms. The number of urea groups is 1. The number of amides is 2. The highest BCUT2D eigenvalue weighted by molar-refractivity contribution is 5.99. The van der Waals surface area contributed by atoms with Crippen molar-refractivity contribution in [1.82, 2.24) is 9.78 Å². The number of anilines is 3. The Bertz CT molecular complexity index is 534. The van der Waals surface area contributed by atoms with Gasteiger partial charge < -0.3 is 11.1 Å². The normalized spacial score (nSPS) is 9.94. The summed E-state index contributed by atoms with van der Waals surface area (Å²) in [7, 11) is 1.78. The molecule has 0 aliphatic rings. The molecule has 1 aromatic carbocycles. The predicted octanol–water partition coefficient (Wildman–Crippen LogP) is 1.65. The van der Waals surface area contributed by atoms with E-state index in [-0.39, 0.29) is 6.03 Å². The molecule has 6 heteroatoms. The van der Waals surface area contributed by atoms with Crippen LogP contribution in [0.2, 0.25) is 0 Å². The third-order valence-corrected chi connectivity index (χ3v) is 2.10. The second-order valence-electron chi connectivity index (χ2n) is 3.58. The Morgan fingerprint density at radius 1 is 1.35 bits per heavy atom. The minimum atomic E-state index is -0.352. The zero-order chi connectivity index (χ0) is 12.3. The lowest BCUT2D eigenvalue weighted by Crippen LogP contribution is -2.19. The van der Waals surface area contributed by atoms with Crippen LogP contribution in [0.25, 0.3) is 0 Å². The Kier molecular flexibility index (Phi) is 2.95. The zero-order valence-electron chi connectivity index (χ0n) is 9.34. The van der Waals surface area contributed by atoms with Crippen LogP contribution >= 0.6 is 0 Å². The molecule has 0 saturated heterocycles. The maximum atomic E-state index is 11.6. The van der Waals surface area contributed by atoms with E-state index in [2.05, 4.69) is 15.7 Å². The van der Waals surface area contributed by atoms with Crippen LogP contribution in [-0.2, 0) is 7.05 Å². The molecule has 0 saturated carbocycles. The number of hydrogen-bond donors (Lipinski definition) is 3. The van der Waals surface area contributed by atoms with Crippen molar-refractivity contribution in [2.75, 3.05) is 16.4 Å². The largest absolute Gasteiger partial charge is 0.399 e. The first-order chi connectivity index (χ1) is 8.13. The van der Waals surface area contributed by atoms with E-state index in [0.29, 0.717) is 17.2 Å². The number of hydrogen-bond acceptors (Lipinski definition) is 3. The van der Waals surface area contributed by atoms with Gasteiger partial charge >= 0.3 is 6.03 Å². The molecule has 2 amide bonds. The van der Waals surface area contributed by atoms with Crippen molar-refractivity contribution < 1.29 is 4.79 Å². The van der Waals surface area contributed by atoms with Crippen LogP contribution in [0.5, 0.6) is 0 Å². The summed E-state index contributed by atoms with van der Waals surface area (Å²) in [5, 5.41) is 9.30. The van der Waals surface area contributed by atoms with Crippen LogP contribution in [0.3, 0.4) is 0 Å². The van der Waals surface area contributed by atoms with E-state index in [4.69, 9.17) is 5.73 Å².